The monoisotopic (exact) mass is 405 g/mol. The lowest BCUT2D eigenvalue weighted by Crippen LogP contribution is -2.36. The van der Waals surface area contributed by atoms with Gasteiger partial charge in [-0.3, -0.25) is 9.08 Å². The summed E-state index contributed by atoms with van der Waals surface area (Å²) in [6.45, 7) is 5.68. The lowest BCUT2D eigenvalue weighted by Gasteiger charge is -2.26. The van der Waals surface area contributed by atoms with Gasteiger partial charge in [0, 0.05) is 13.1 Å². The first-order valence-corrected chi connectivity index (χ1v) is 13.0. The molecule has 0 N–H and O–H groups in total. The van der Waals surface area contributed by atoms with Crippen molar-refractivity contribution in [2.75, 3.05) is 45.7 Å². The SMILES string of the molecule is CS(=O)(=O)OCCCCCCCCCCCCCCCCN1CCOCC1. The molecule has 0 amide bonds. The van der Waals surface area contributed by atoms with Crippen molar-refractivity contribution in [3.8, 4) is 0 Å². The Morgan fingerprint density at radius 1 is 0.704 bits per heavy atom. The third-order valence-corrected chi connectivity index (χ3v) is 5.86. The quantitative estimate of drug-likeness (QED) is 0.243. The predicted octanol–water partition coefficient (Wildman–Crippen LogP) is 4.76. The maximum atomic E-state index is 10.8. The number of nitrogens with zero attached hydrogens (tertiary/aromatic N) is 1. The van der Waals surface area contributed by atoms with Crippen LogP contribution < -0.4 is 0 Å². The molecular formula is C21H43NO4S. The predicted molar refractivity (Wildman–Crippen MR) is 113 cm³/mol. The number of unbranched alkanes of at least 4 members (excludes halogenated alkanes) is 13. The Labute approximate surface area is 168 Å². The van der Waals surface area contributed by atoms with Gasteiger partial charge in [-0.1, -0.05) is 77.0 Å². The molecule has 0 unspecified atom stereocenters. The van der Waals surface area contributed by atoms with Gasteiger partial charge in [0.1, 0.15) is 0 Å². The van der Waals surface area contributed by atoms with Crippen LogP contribution in [0.5, 0.6) is 0 Å². The minimum Gasteiger partial charge on any atom is -0.379 e. The molecule has 0 atom stereocenters. The Morgan fingerprint density at radius 3 is 1.56 bits per heavy atom. The highest BCUT2D eigenvalue weighted by atomic mass is 32.2. The molecule has 0 aromatic heterocycles. The summed E-state index contributed by atoms with van der Waals surface area (Å²) in [6, 6.07) is 0. The third-order valence-electron chi connectivity index (χ3n) is 5.27. The fourth-order valence-electron chi connectivity index (χ4n) is 3.59. The van der Waals surface area contributed by atoms with Gasteiger partial charge in [-0.05, 0) is 19.4 Å². The van der Waals surface area contributed by atoms with E-state index in [1.54, 1.807) is 0 Å². The highest BCUT2D eigenvalue weighted by Gasteiger charge is 2.08. The van der Waals surface area contributed by atoms with Crippen molar-refractivity contribution in [3.63, 3.8) is 0 Å². The second-order valence-electron chi connectivity index (χ2n) is 7.93. The number of morpholine rings is 1. The van der Waals surface area contributed by atoms with E-state index in [4.69, 9.17) is 8.92 Å². The molecule has 0 radical (unpaired) electrons. The standard InChI is InChI=1S/C21H43NO4S/c1-27(23,24)26-19-15-13-11-9-7-5-3-2-4-6-8-10-12-14-16-22-17-20-25-21-18-22/h2-21H2,1H3. The molecule has 5 nitrogen and oxygen atoms in total. The Kier molecular flexibility index (Phi) is 15.4. The van der Waals surface area contributed by atoms with E-state index in [1.807, 2.05) is 0 Å². The lowest BCUT2D eigenvalue weighted by molar-refractivity contribution is 0.0371. The highest BCUT2D eigenvalue weighted by Crippen LogP contribution is 2.13. The molecule has 0 aliphatic carbocycles. The zero-order valence-corrected chi connectivity index (χ0v) is 18.4. The molecule has 1 rings (SSSR count). The van der Waals surface area contributed by atoms with Crippen molar-refractivity contribution in [1.82, 2.24) is 4.90 Å². The van der Waals surface area contributed by atoms with Gasteiger partial charge < -0.3 is 4.74 Å². The number of ether oxygens (including phenoxy) is 1. The minimum absolute atomic E-state index is 0.339. The molecule has 0 saturated carbocycles. The van der Waals surface area contributed by atoms with E-state index in [9.17, 15) is 8.42 Å². The molecule has 1 saturated heterocycles. The van der Waals surface area contributed by atoms with Gasteiger partial charge in [-0.25, -0.2) is 0 Å². The van der Waals surface area contributed by atoms with Crippen LogP contribution in [0.4, 0.5) is 0 Å². The molecule has 162 valence electrons. The molecule has 27 heavy (non-hydrogen) atoms. The second-order valence-corrected chi connectivity index (χ2v) is 9.57. The van der Waals surface area contributed by atoms with Crippen molar-refractivity contribution in [3.05, 3.63) is 0 Å². The zero-order valence-electron chi connectivity index (χ0n) is 17.6. The van der Waals surface area contributed by atoms with Crippen molar-refractivity contribution in [2.45, 2.75) is 89.9 Å². The Balaban J connectivity index is 1.68. The van der Waals surface area contributed by atoms with Gasteiger partial charge in [0.2, 0.25) is 0 Å². The van der Waals surface area contributed by atoms with E-state index in [0.29, 0.717) is 6.61 Å². The Bertz CT molecular complexity index is 422. The summed E-state index contributed by atoms with van der Waals surface area (Å²) in [7, 11) is -3.25. The zero-order chi connectivity index (χ0) is 19.6. The fraction of sp³-hybridized carbons (Fsp3) is 1.00. The molecule has 0 bridgehead atoms. The number of rotatable bonds is 18. The molecule has 0 aromatic rings. The Morgan fingerprint density at radius 2 is 1.11 bits per heavy atom. The fourth-order valence-corrected chi connectivity index (χ4v) is 4.01. The third kappa shape index (κ3) is 17.6. The van der Waals surface area contributed by atoms with Crippen LogP contribution in [0, 0.1) is 0 Å². The molecular weight excluding hydrogens is 362 g/mol. The molecule has 0 spiro atoms. The number of hydrogen-bond donors (Lipinski definition) is 0. The van der Waals surface area contributed by atoms with Crippen LogP contribution >= 0.6 is 0 Å². The van der Waals surface area contributed by atoms with Gasteiger partial charge in [-0.15, -0.1) is 0 Å². The van der Waals surface area contributed by atoms with Gasteiger partial charge in [-0.2, -0.15) is 8.42 Å². The Hall–Kier alpha value is -0.170. The van der Waals surface area contributed by atoms with E-state index in [0.717, 1.165) is 45.4 Å². The van der Waals surface area contributed by atoms with E-state index in [1.165, 1.54) is 83.6 Å². The first-order valence-electron chi connectivity index (χ1n) is 11.2. The summed E-state index contributed by atoms with van der Waals surface area (Å²) < 4.78 is 31.7. The summed E-state index contributed by atoms with van der Waals surface area (Å²) in [5, 5.41) is 0. The second kappa shape index (κ2) is 16.8. The molecule has 1 aliphatic rings. The van der Waals surface area contributed by atoms with Gasteiger partial charge in [0.25, 0.3) is 10.1 Å². The van der Waals surface area contributed by atoms with E-state index >= 15 is 0 Å². The lowest BCUT2D eigenvalue weighted by atomic mass is 10.0. The normalized spacial score (nSPS) is 16.0. The molecule has 0 aromatic carbocycles. The maximum absolute atomic E-state index is 10.8. The maximum Gasteiger partial charge on any atom is 0.264 e. The molecule has 1 heterocycles. The van der Waals surface area contributed by atoms with Crippen LogP contribution in [0.15, 0.2) is 0 Å². The summed E-state index contributed by atoms with van der Waals surface area (Å²) >= 11 is 0. The summed E-state index contributed by atoms with van der Waals surface area (Å²) in [4.78, 5) is 2.53. The van der Waals surface area contributed by atoms with Crippen molar-refractivity contribution in [1.29, 1.82) is 0 Å². The van der Waals surface area contributed by atoms with E-state index < -0.39 is 10.1 Å². The van der Waals surface area contributed by atoms with Crippen molar-refractivity contribution >= 4 is 10.1 Å². The van der Waals surface area contributed by atoms with Crippen LogP contribution in [-0.4, -0.2) is 59.0 Å². The molecule has 1 aliphatic heterocycles. The van der Waals surface area contributed by atoms with Crippen LogP contribution in [0.25, 0.3) is 0 Å². The van der Waals surface area contributed by atoms with E-state index in [-0.39, 0.29) is 0 Å². The smallest absolute Gasteiger partial charge is 0.264 e. The van der Waals surface area contributed by atoms with Crippen LogP contribution in [0.2, 0.25) is 0 Å². The van der Waals surface area contributed by atoms with Crippen molar-refractivity contribution in [2.24, 2.45) is 0 Å². The van der Waals surface area contributed by atoms with Crippen molar-refractivity contribution < 1.29 is 17.3 Å². The highest BCUT2D eigenvalue weighted by molar-refractivity contribution is 7.85. The van der Waals surface area contributed by atoms with Gasteiger partial charge in [0.05, 0.1) is 26.1 Å². The van der Waals surface area contributed by atoms with Crippen LogP contribution in [0.1, 0.15) is 89.9 Å². The van der Waals surface area contributed by atoms with Crippen LogP contribution in [-0.2, 0) is 19.0 Å². The van der Waals surface area contributed by atoms with Gasteiger partial charge >= 0.3 is 0 Å². The van der Waals surface area contributed by atoms with Gasteiger partial charge in [0.15, 0.2) is 0 Å². The van der Waals surface area contributed by atoms with E-state index in [2.05, 4.69) is 4.90 Å². The summed E-state index contributed by atoms with van der Waals surface area (Å²) in [6.07, 6.45) is 19.2. The molecule has 6 heteroatoms. The molecule has 1 fully saturated rings. The minimum atomic E-state index is -3.25. The average molecular weight is 406 g/mol. The largest absolute Gasteiger partial charge is 0.379 e. The average Bonchev–Trinajstić information content (AvgIpc) is 2.64. The first kappa shape index (κ1) is 24.9. The number of hydrogen-bond acceptors (Lipinski definition) is 5. The van der Waals surface area contributed by atoms with Crippen LogP contribution in [0.3, 0.4) is 0 Å². The summed E-state index contributed by atoms with van der Waals surface area (Å²) in [5.74, 6) is 0. The first-order chi connectivity index (χ1) is 13.1. The summed E-state index contributed by atoms with van der Waals surface area (Å²) in [5.41, 5.74) is 0. The topological polar surface area (TPSA) is 55.8 Å².